The second-order valence-corrected chi connectivity index (χ2v) is 7.00. The van der Waals surface area contributed by atoms with Gasteiger partial charge < -0.3 is 10.4 Å². The first-order valence-corrected chi connectivity index (χ1v) is 8.02. The Kier molecular flexibility index (Phi) is 5.10. The smallest absolute Gasteiger partial charge is 0.251 e. The fourth-order valence-corrected chi connectivity index (χ4v) is 3.27. The van der Waals surface area contributed by atoms with Gasteiger partial charge in [0.2, 0.25) is 0 Å². The van der Waals surface area contributed by atoms with Crippen LogP contribution in [0.5, 0.6) is 0 Å². The standard InChI is InChI=1S/C15H19BrClNO2/c1-10-3-2-6-15(20,8-10)9-18-14(19)11-4-5-13(17)12(16)7-11/h4-5,7,10,20H,2-3,6,8-9H2,1H3,(H,18,19). The van der Waals surface area contributed by atoms with E-state index in [4.69, 9.17) is 11.6 Å². The molecule has 0 saturated heterocycles. The third kappa shape index (κ3) is 3.96. The van der Waals surface area contributed by atoms with Crippen LogP contribution in [0.2, 0.25) is 5.02 Å². The summed E-state index contributed by atoms with van der Waals surface area (Å²) >= 11 is 9.20. The fourth-order valence-electron chi connectivity index (χ4n) is 2.78. The number of benzene rings is 1. The number of halogens is 2. The number of aliphatic hydroxyl groups is 1. The average molecular weight is 361 g/mol. The molecular formula is C15H19BrClNO2. The van der Waals surface area contributed by atoms with E-state index in [1.165, 1.54) is 0 Å². The van der Waals surface area contributed by atoms with Gasteiger partial charge in [-0.05, 0) is 52.9 Å². The van der Waals surface area contributed by atoms with Crippen molar-refractivity contribution in [2.24, 2.45) is 5.92 Å². The Morgan fingerprint density at radius 2 is 2.35 bits per heavy atom. The molecule has 0 bridgehead atoms. The molecule has 1 aliphatic carbocycles. The summed E-state index contributed by atoms with van der Waals surface area (Å²) in [6.07, 6.45) is 3.67. The molecule has 2 N–H and O–H groups in total. The summed E-state index contributed by atoms with van der Waals surface area (Å²) in [5, 5.41) is 13.9. The largest absolute Gasteiger partial charge is 0.388 e. The van der Waals surface area contributed by atoms with Gasteiger partial charge in [0, 0.05) is 16.6 Å². The molecule has 3 nitrogen and oxygen atoms in total. The fraction of sp³-hybridized carbons (Fsp3) is 0.533. The van der Waals surface area contributed by atoms with E-state index >= 15 is 0 Å². The lowest BCUT2D eigenvalue weighted by Crippen LogP contribution is -2.45. The first-order valence-electron chi connectivity index (χ1n) is 6.85. The number of nitrogens with one attached hydrogen (secondary N) is 1. The number of carbonyl (C=O) groups is 1. The van der Waals surface area contributed by atoms with Crippen LogP contribution in [-0.2, 0) is 0 Å². The average Bonchev–Trinajstić information content (AvgIpc) is 2.39. The highest BCUT2D eigenvalue weighted by Gasteiger charge is 2.32. The molecular weight excluding hydrogens is 342 g/mol. The summed E-state index contributed by atoms with van der Waals surface area (Å²) in [5.41, 5.74) is -0.231. The van der Waals surface area contributed by atoms with Gasteiger partial charge in [0.15, 0.2) is 0 Å². The maximum Gasteiger partial charge on any atom is 0.251 e. The van der Waals surface area contributed by atoms with Crippen LogP contribution in [0.4, 0.5) is 0 Å². The molecule has 1 amide bonds. The molecule has 0 aromatic heterocycles. The van der Waals surface area contributed by atoms with E-state index in [0.717, 1.165) is 25.7 Å². The third-order valence-corrected chi connectivity index (χ3v) is 5.04. The van der Waals surface area contributed by atoms with Gasteiger partial charge in [-0.3, -0.25) is 4.79 Å². The van der Waals surface area contributed by atoms with Gasteiger partial charge in [0.1, 0.15) is 0 Å². The van der Waals surface area contributed by atoms with Crippen LogP contribution in [0, 0.1) is 5.92 Å². The normalized spacial score (nSPS) is 26.3. The van der Waals surface area contributed by atoms with Crippen LogP contribution in [0.15, 0.2) is 22.7 Å². The van der Waals surface area contributed by atoms with Crippen molar-refractivity contribution in [2.45, 2.75) is 38.2 Å². The number of carbonyl (C=O) groups excluding carboxylic acids is 1. The van der Waals surface area contributed by atoms with Crippen LogP contribution in [-0.4, -0.2) is 23.2 Å². The number of amides is 1. The van der Waals surface area contributed by atoms with Gasteiger partial charge in [-0.15, -0.1) is 0 Å². The SMILES string of the molecule is CC1CCCC(O)(CNC(=O)c2ccc(Cl)c(Br)c2)C1. The Labute approximate surface area is 132 Å². The van der Waals surface area contributed by atoms with Crippen molar-refractivity contribution >= 4 is 33.4 Å². The zero-order valence-corrected chi connectivity index (χ0v) is 13.8. The Morgan fingerprint density at radius 3 is 3.00 bits per heavy atom. The predicted molar refractivity (Wildman–Crippen MR) is 84.1 cm³/mol. The first-order chi connectivity index (χ1) is 9.39. The van der Waals surface area contributed by atoms with E-state index in [1.54, 1.807) is 18.2 Å². The highest BCUT2D eigenvalue weighted by Crippen LogP contribution is 2.31. The predicted octanol–water partition coefficient (Wildman–Crippen LogP) is 3.77. The Bertz CT molecular complexity index is 509. The van der Waals surface area contributed by atoms with E-state index in [2.05, 4.69) is 28.2 Å². The van der Waals surface area contributed by atoms with Gasteiger partial charge in [0.05, 0.1) is 10.6 Å². The van der Waals surface area contributed by atoms with E-state index in [0.29, 0.717) is 27.5 Å². The van der Waals surface area contributed by atoms with E-state index < -0.39 is 5.60 Å². The quantitative estimate of drug-likeness (QED) is 0.862. The van der Waals surface area contributed by atoms with Crippen molar-refractivity contribution in [2.75, 3.05) is 6.54 Å². The van der Waals surface area contributed by atoms with Gasteiger partial charge in [0.25, 0.3) is 5.91 Å². The summed E-state index contributed by atoms with van der Waals surface area (Å²) in [7, 11) is 0. The minimum atomic E-state index is -0.767. The molecule has 110 valence electrons. The minimum Gasteiger partial charge on any atom is -0.388 e. The number of rotatable bonds is 3. The lowest BCUT2D eigenvalue weighted by molar-refractivity contribution is -0.0109. The highest BCUT2D eigenvalue weighted by atomic mass is 79.9. The molecule has 5 heteroatoms. The molecule has 0 spiro atoms. The van der Waals surface area contributed by atoms with Crippen molar-refractivity contribution in [3.8, 4) is 0 Å². The first kappa shape index (κ1) is 15.8. The molecule has 2 unspecified atom stereocenters. The van der Waals surface area contributed by atoms with Gasteiger partial charge >= 0.3 is 0 Å². The molecule has 2 rings (SSSR count). The van der Waals surface area contributed by atoms with E-state index in [9.17, 15) is 9.90 Å². The Morgan fingerprint density at radius 1 is 1.60 bits per heavy atom. The lowest BCUT2D eigenvalue weighted by atomic mass is 9.79. The molecule has 0 heterocycles. The highest BCUT2D eigenvalue weighted by molar-refractivity contribution is 9.10. The zero-order chi connectivity index (χ0) is 14.8. The molecule has 1 fully saturated rings. The minimum absolute atomic E-state index is 0.186. The summed E-state index contributed by atoms with van der Waals surface area (Å²) in [6.45, 7) is 2.44. The van der Waals surface area contributed by atoms with Crippen molar-refractivity contribution in [1.29, 1.82) is 0 Å². The molecule has 1 saturated carbocycles. The van der Waals surface area contributed by atoms with Crippen LogP contribution in [0.1, 0.15) is 43.0 Å². The van der Waals surface area contributed by atoms with Crippen LogP contribution < -0.4 is 5.32 Å². The molecule has 0 aliphatic heterocycles. The van der Waals surface area contributed by atoms with Crippen molar-refractivity contribution < 1.29 is 9.90 Å². The molecule has 2 atom stereocenters. The maximum absolute atomic E-state index is 12.1. The van der Waals surface area contributed by atoms with Crippen molar-refractivity contribution in [3.63, 3.8) is 0 Å². The molecule has 0 radical (unpaired) electrons. The summed E-state index contributed by atoms with van der Waals surface area (Å²) in [4.78, 5) is 12.1. The third-order valence-electron chi connectivity index (χ3n) is 3.83. The molecule has 20 heavy (non-hydrogen) atoms. The second-order valence-electron chi connectivity index (χ2n) is 5.74. The summed E-state index contributed by atoms with van der Waals surface area (Å²) < 4.78 is 0.691. The monoisotopic (exact) mass is 359 g/mol. The molecule has 1 aromatic rings. The molecule has 1 aromatic carbocycles. The topological polar surface area (TPSA) is 49.3 Å². The number of hydrogen-bond donors (Lipinski definition) is 2. The second kappa shape index (κ2) is 6.46. The Hall–Kier alpha value is -0.580. The summed E-state index contributed by atoms with van der Waals surface area (Å²) in [6, 6.07) is 5.04. The molecule has 1 aliphatic rings. The number of hydrogen-bond acceptors (Lipinski definition) is 2. The maximum atomic E-state index is 12.1. The zero-order valence-electron chi connectivity index (χ0n) is 11.5. The Balaban J connectivity index is 1.96. The van der Waals surface area contributed by atoms with Crippen LogP contribution in [0.25, 0.3) is 0 Å². The lowest BCUT2D eigenvalue weighted by Gasteiger charge is -2.35. The van der Waals surface area contributed by atoms with Crippen molar-refractivity contribution in [3.05, 3.63) is 33.3 Å². The van der Waals surface area contributed by atoms with Gasteiger partial charge in [-0.2, -0.15) is 0 Å². The van der Waals surface area contributed by atoms with E-state index in [1.807, 2.05) is 0 Å². The van der Waals surface area contributed by atoms with Crippen LogP contribution in [0.3, 0.4) is 0 Å². The van der Waals surface area contributed by atoms with E-state index in [-0.39, 0.29) is 5.91 Å². The van der Waals surface area contributed by atoms with Gasteiger partial charge in [-0.25, -0.2) is 0 Å². The van der Waals surface area contributed by atoms with Gasteiger partial charge in [-0.1, -0.05) is 31.4 Å². The summed E-state index contributed by atoms with van der Waals surface area (Å²) in [5.74, 6) is 0.323. The van der Waals surface area contributed by atoms with Crippen LogP contribution >= 0.6 is 27.5 Å². The van der Waals surface area contributed by atoms with Crippen molar-refractivity contribution in [1.82, 2.24) is 5.32 Å².